The fourth-order valence-corrected chi connectivity index (χ4v) is 7.53. The molecule has 37 heavy (non-hydrogen) atoms. The number of thioether (sulfide) groups is 2. The molecule has 0 amide bonds. The Labute approximate surface area is 252 Å². The molecule has 0 bridgehead atoms. The quantitative estimate of drug-likeness (QED) is 0.0557. The minimum Gasteiger partial charge on any atom is -0.358 e. The van der Waals surface area contributed by atoms with Gasteiger partial charge in [0.2, 0.25) is 0 Å². The molecule has 0 unspecified atom stereocenters. The topological polar surface area (TPSA) is 6.48 Å². The number of thiocarbonyl (C=S) groups is 2. The minimum atomic E-state index is 0.946. The van der Waals surface area contributed by atoms with Crippen LogP contribution in [0.1, 0.15) is 156 Å². The van der Waals surface area contributed by atoms with E-state index in [0.29, 0.717) is 0 Å². The van der Waals surface area contributed by atoms with E-state index >= 15 is 0 Å². The number of unbranched alkanes of at least 4 members (excludes halogenated alkanes) is 16. The second-order valence-electron chi connectivity index (χ2n) is 10.6. The van der Waals surface area contributed by atoms with E-state index in [4.69, 9.17) is 24.4 Å². The SMILES string of the molecule is CCCCCCCN(CCCCCCC)C(=S)SCSC(=S)N(CCCCCCC)CCCCCCC. The van der Waals surface area contributed by atoms with Crippen LogP contribution in [0.4, 0.5) is 0 Å². The Bertz CT molecular complexity index is 443. The zero-order chi connectivity index (χ0) is 27.4. The van der Waals surface area contributed by atoms with Crippen molar-refractivity contribution in [3.05, 3.63) is 0 Å². The van der Waals surface area contributed by atoms with E-state index in [1.54, 1.807) is 0 Å². The number of rotatable bonds is 26. The van der Waals surface area contributed by atoms with E-state index < -0.39 is 0 Å². The molecule has 0 aliphatic heterocycles. The molecule has 220 valence electrons. The first kappa shape index (κ1) is 37.5. The van der Waals surface area contributed by atoms with Crippen molar-refractivity contribution in [3.63, 3.8) is 0 Å². The summed E-state index contributed by atoms with van der Waals surface area (Å²) in [4.78, 5) is 5.00. The first-order valence-corrected chi connectivity index (χ1v) is 18.7. The molecule has 2 nitrogen and oxygen atoms in total. The van der Waals surface area contributed by atoms with Gasteiger partial charge in [0.1, 0.15) is 8.64 Å². The average Bonchev–Trinajstić information content (AvgIpc) is 2.90. The molecule has 0 saturated carbocycles. The highest BCUT2D eigenvalue weighted by Gasteiger charge is 2.13. The monoisotopic (exact) mass is 590 g/mol. The second kappa shape index (κ2) is 29.5. The molecule has 0 aliphatic rings. The maximum Gasteiger partial charge on any atom is 0.137 e. The molecule has 0 spiro atoms. The highest BCUT2D eigenvalue weighted by Crippen LogP contribution is 2.22. The van der Waals surface area contributed by atoms with Gasteiger partial charge < -0.3 is 9.80 Å². The number of nitrogens with zero attached hydrogens (tertiary/aromatic N) is 2. The van der Waals surface area contributed by atoms with Gasteiger partial charge in [-0.25, -0.2) is 0 Å². The molecule has 0 N–H and O–H groups in total. The van der Waals surface area contributed by atoms with Crippen LogP contribution in [0, 0.1) is 0 Å². The van der Waals surface area contributed by atoms with Gasteiger partial charge in [0.05, 0.1) is 5.08 Å². The van der Waals surface area contributed by atoms with Crippen LogP contribution in [-0.2, 0) is 0 Å². The summed E-state index contributed by atoms with van der Waals surface area (Å²) in [6, 6.07) is 0. The van der Waals surface area contributed by atoms with Crippen molar-refractivity contribution in [2.45, 2.75) is 156 Å². The van der Waals surface area contributed by atoms with Crippen molar-refractivity contribution >= 4 is 56.6 Å². The van der Waals surface area contributed by atoms with E-state index in [2.05, 4.69) is 37.5 Å². The third kappa shape index (κ3) is 24.0. The molecule has 0 aromatic carbocycles. The zero-order valence-electron chi connectivity index (χ0n) is 25.2. The molecule has 0 radical (unpaired) electrons. The molecule has 0 aromatic heterocycles. The normalized spacial score (nSPS) is 11.1. The first-order chi connectivity index (χ1) is 18.1. The van der Waals surface area contributed by atoms with Crippen molar-refractivity contribution < 1.29 is 0 Å². The molecule has 0 fully saturated rings. The van der Waals surface area contributed by atoms with Gasteiger partial charge >= 0.3 is 0 Å². The second-order valence-corrected chi connectivity index (χ2v) is 14.2. The van der Waals surface area contributed by atoms with Gasteiger partial charge in [0.15, 0.2) is 0 Å². The molecular weight excluding hydrogens is 529 g/mol. The third-order valence-corrected chi connectivity index (χ3v) is 10.2. The van der Waals surface area contributed by atoms with Crippen LogP contribution in [0.15, 0.2) is 0 Å². The molecule has 0 heterocycles. The maximum atomic E-state index is 5.93. The van der Waals surface area contributed by atoms with Gasteiger partial charge in [0, 0.05) is 26.2 Å². The lowest BCUT2D eigenvalue weighted by Gasteiger charge is -2.27. The molecule has 0 aromatic rings. The van der Waals surface area contributed by atoms with Crippen molar-refractivity contribution in [3.8, 4) is 0 Å². The van der Waals surface area contributed by atoms with Crippen molar-refractivity contribution in [1.29, 1.82) is 0 Å². The van der Waals surface area contributed by atoms with Crippen LogP contribution >= 0.6 is 48.0 Å². The zero-order valence-corrected chi connectivity index (χ0v) is 28.5. The number of hydrogen-bond acceptors (Lipinski definition) is 4. The van der Waals surface area contributed by atoms with Crippen LogP contribution in [0.3, 0.4) is 0 Å². The number of hydrogen-bond donors (Lipinski definition) is 0. The molecule has 0 saturated heterocycles. The Morgan fingerprint density at radius 3 is 0.892 bits per heavy atom. The van der Waals surface area contributed by atoms with Gasteiger partial charge in [-0.2, -0.15) is 0 Å². The van der Waals surface area contributed by atoms with E-state index in [9.17, 15) is 0 Å². The van der Waals surface area contributed by atoms with Gasteiger partial charge in [-0.15, -0.1) is 0 Å². The Morgan fingerprint density at radius 1 is 0.405 bits per heavy atom. The standard InChI is InChI=1S/C31H62N2S4/c1-5-9-13-17-21-25-32(26-22-18-14-10-6-2)30(34)36-29-37-31(35)33(27-23-19-15-11-7-3)28-24-20-16-12-8-4/h5-29H2,1-4H3. The lowest BCUT2D eigenvalue weighted by molar-refractivity contribution is 0.396. The van der Waals surface area contributed by atoms with Crippen LogP contribution in [0.2, 0.25) is 0 Å². The van der Waals surface area contributed by atoms with Crippen LogP contribution in [0.5, 0.6) is 0 Å². The van der Waals surface area contributed by atoms with E-state index in [-0.39, 0.29) is 0 Å². The fourth-order valence-electron chi connectivity index (χ4n) is 4.53. The van der Waals surface area contributed by atoms with E-state index in [0.717, 1.165) is 39.9 Å². The molecule has 0 atom stereocenters. The fraction of sp³-hybridized carbons (Fsp3) is 0.935. The summed E-state index contributed by atoms with van der Waals surface area (Å²) >= 11 is 15.6. The summed E-state index contributed by atoms with van der Waals surface area (Å²) in [5, 5.41) is 0.946. The van der Waals surface area contributed by atoms with Crippen LogP contribution in [-0.4, -0.2) is 49.7 Å². The van der Waals surface area contributed by atoms with Crippen molar-refractivity contribution in [1.82, 2.24) is 9.80 Å². The summed E-state index contributed by atoms with van der Waals surface area (Å²) in [7, 11) is 0. The average molecular weight is 591 g/mol. The van der Waals surface area contributed by atoms with Crippen molar-refractivity contribution in [2.75, 3.05) is 31.3 Å². The van der Waals surface area contributed by atoms with Crippen molar-refractivity contribution in [2.24, 2.45) is 0 Å². The molecule has 6 heteroatoms. The summed E-state index contributed by atoms with van der Waals surface area (Å²) < 4.78 is 2.18. The largest absolute Gasteiger partial charge is 0.358 e. The Hall–Kier alpha value is 0.480. The molecule has 0 aliphatic carbocycles. The lowest BCUT2D eigenvalue weighted by Crippen LogP contribution is -2.31. The summed E-state index contributed by atoms with van der Waals surface area (Å²) in [6.45, 7) is 13.7. The highest BCUT2D eigenvalue weighted by molar-refractivity contribution is 8.35. The lowest BCUT2D eigenvalue weighted by atomic mass is 10.1. The Kier molecular flexibility index (Phi) is 29.8. The maximum absolute atomic E-state index is 5.93. The predicted molar refractivity (Wildman–Crippen MR) is 183 cm³/mol. The molecular formula is C31H62N2S4. The smallest absolute Gasteiger partial charge is 0.137 e. The summed E-state index contributed by atoms with van der Waals surface area (Å²) in [6.07, 6.45) is 26.5. The highest BCUT2D eigenvalue weighted by atomic mass is 32.2. The van der Waals surface area contributed by atoms with Crippen LogP contribution < -0.4 is 0 Å². The van der Waals surface area contributed by atoms with Gasteiger partial charge in [0.25, 0.3) is 0 Å². The van der Waals surface area contributed by atoms with Gasteiger partial charge in [-0.05, 0) is 25.7 Å². The Morgan fingerprint density at radius 2 is 0.649 bits per heavy atom. The summed E-state index contributed by atoms with van der Waals surface area (Å²) in [5.41, 5.74) is 0. The van der Waals surface area contributed by atoms with Gasteiger partial charge in [-0.1, -0.05) is 178 Å². The Balaban J connectivity index is 4.61. The summed E-state index contributed by atoms with van der Waals surface area (Å²) in [5.74, 6) is 0. The minimum absolute atomic E-state index is 0.946. The third-order valence-electron chi connectivity index (χ3n) is 7.01. The molecule has 0 rings (SSSR count). The van der Waals surface area contributed by atoms with E-state index in [1.165, 1.54) is 128 Å². The van der Waals surface area contributed by atoms with Crippen LogP contribution in [0.25, 0.3) is 0 Å². The first-order valence-electron chi connectivity index (χ1n) is 15.9. The van der Waals surface area contributed by atoms with Gasteiger partial charge in [-0.3, -0.25) is 0 Å². The predicted octanol–water partition coefficient (Wildman–Crippen LogP) is 11.5. The van der Waals surface area contributed by atoms with E-state index in [1.807, 2.05) is 23.5 Å².